The van der Waals surface area contributed by atoms with Gasteiger partial charge in [0.05, 0.1) is 16.9 Å². The lowest BCUT2D eigenvalue weighted by atomic mass is 10.3. The molecule has 0 aliphatic rings. The number of aliphatic carboxylic acids is 1. The van der Waals surface area contributed by atoms with E-state index in [4.69, 9.17) is 16.7 Å². The molecule has 1 amide bonds. The number of hydrogen-bond donors (Lipinski definition) is 2. The fourth-order valence-electron chi connectivity index (χ4n) is 1.41. The van der Waals surface area contributed by atoms with Crippen LogP contribution in [0.3, 0.4) is 0 Å². The molecule has 0 spiro atoms. The van der Waals surface area contributed by atoms with Gasteiger partial charge in [-0.1, -0.05) is 22.9 Å². The van der Waals surface area contributed by atoms with Gasteiger partial charge in [-0.25, -0.2) is 9.07 Å². The highest BCUT2D eigenvalue weighted by Gasteiger charge is 2.15. The van der Waals surface area contributed by atoms with Crippen LogP contribution < -0.4 is 5.32 Å². The molecule has 0 fully saturated rings. The zero-order chi connectivity index (χ0) is 14.7. The first-order valence-corrected chi connectivity index (χ1v) is 5.72. The Hall–Kier alpha value is -2.48. The summed E-state index contributed by atoms with van der Waals surface area (Å²) in [6, 6.07) is 3.96. The topological polar surface area (TPSA) is 97.1 Å². The number of nitrogens with one attached hydrogen (secondary N) is 1. The Morgan fingerprint density at radius 3 is 2.85 bits per heavy atom. The molecule has 0 saturated carbocycles. The number of halogens is 2. The number of carboxylic acid groups (broad SMARTS) is 1. The molecule has 0 unspecified atom stereocenters. The smallest absolute Gasteiger partial charge is 0.325 e. The van der Waals surface area contributed by atoms with Crippen LogP contribution in [0, 0.1) is 5.82 Å². The SMILES string of the molecule is O=C(O)Cn1cc(C(=O)Nc2c(F)cccc2Cl)nn1. The third-order valence-corrected chi connectivity index (χ3v) is 2.58. The molecule has 0 aliphatic heterocycles. The van der Waals surface area contributed by atoms with E-state index in [1.165, 1.54) is 12.1 Å². The number of amides is 1. The van der Waals surface area contributed by atoms with Crippen molar-refractivity contribution in [2.24, 2.45) is 0 Å². The summed E-state index contributed by atoms with van der Waals surface area (Å²) in [5, 5.41) is 17.8. The molecule has 1 aromatic carbocycles. The van der Waals surface area contributed by atoms with Gasteiger partial charge in [0, 0.05) is 0 Å². The average molecular weight is 299 g/mol. The first kappa shape index (κ1) is 13.9. The van der Waals surface area contributed by atoms with E-state index in [2.05, 4.69) is 15.6 Å². The number of carbonyl (C=O) groups is 2. The molecule has 1 aromatic heterocycles. The molecule has 104 valence electrons. The number of nitrogens with zero attached hydrogens (tertiary/aromatic N) is 3. The fourth-order valence-corrected chi connectivity index (χ4v) is 1.62. The van der Waals surface area contributed by atoms with E-state index < -0.39 is 24.2 Å². The number of aromatic nitrogens is 3. The second-order valence-corrected chi connectivity index (χ2v) is 4.15. The van der Waals surface area contributed by atoms with Crippen molar-refractivity contribution < 1.29 is 19.1 Å². The van der Waals surface area contributed by atoms with Crippen LogP contribution in [0.15, 0.2) is 24.4 Å². The predicted octanol–water partition coefficient (Wildman–Crippen LogP) is 1.41. The molecule has 2 rings (SSSR count). The lowest BCUT2D eigenvalue weighted by Crippen LogP contribution is -2.14. The lowest BCUT2D eigenvalue weighted by molar-refractivity contribution is -0.137. The summed E-state index contributed by atoms with van der Waals surface area (Å²) in [5.41, 5.74) is -0.322. The molecule has 2 aromatic rings. The largest absolute Gasteiger partial charge is 0.480 e. The summed E-state index contributed by atoms with van der Waals surface area (Å²) < 4.78 is 14.5. The van der Waals surface area contributed by atoms with Crippen molar-refractivity contribution in [1.29, 1.82) is 0 Å². The maximum absolute atomic E-state index is 13.5. The van der Waals surface area contributed by atoms with E-state index in [0.29, 0.717) is 0 Å². The Bertz CT molecular complexity index is 653. The lowest BCUT2D eigenvalue weighted by Gasteiger charge is -2.06. The number of carbonyl (C=O) groups excluding carboxylic acids is 1. The number of benzene rings is 1. The van der Waals surface area contributed by atoms with E-state index >= 15 is 0 Å². The molecule has 0 radical (unpaired) electrons. The number of para-hydroxylation sites is 1. The van der Waals surface area contributed by atoms with E-state index in [0.717, 1.165) is 16.9 Å². The molecule has 1 heterocycles. The maximum Gasteiger partial charge on any atom is 0.325 e. The van der Waals surface area contributed by atoms with Gasteiger partial charge in [0.2, 0.25) is 0 Å². The molecule has 2 N–H and O–H groups in total. The second-order valence-electron chi connectivity index (χ2n) is 3.75. The van der Waals surface area contributed by atoms with Crippen LogP contribution in [-0.2, 0) is 11.3 Å². The second kappa shape index (κ2) is 5.66. The van der Waals surface area contributed by atoms with Crippen LogP contribution in [0.5, 0.6) is 0 Å². The highest BCUT2D eigenvalue weighted by Crippen LogP contribution is 2.24. The summed E-state index contributed by atoms with van der Waals surface area (Å²) in [4.78, 5) is 22.3. The first-order valence-electron chi connectivity index (χ1n) is 5.34. The first-order chi connectivity index (χ1) is 9.47. The predicted molar refractivity (Wildman–Crippen MR) is 67.0 cm³/mol. The van der Waals surface area contributed by atoms with Crippen molar-refractivity contribution in [3.05, 3.63) is 40.9 Å². The Kier molecular flexibility index (Phi) is 3.94. The number of carboxylic acids is 1. The van der Waals surface area contributed by atoms with E-state index in [1.807, 2.05) is 0 Å². The minimum absolute atomic E-state index is 0.0382. The Morgan fingerprint density at radius 2 is 2.20 bits per heavy atom. The van der Waals surface area contributed by atoms with Gasteiger partial charge in [0.1, 0.15) is 12.4 Å². The van der Waals surface area contributed by atoms with Crippen LogP contribution in [0.4, 0.5) is 10.1 Å². The highest BCUT2D eigenvalue weighted by atomic mass is 35.5. The Balaban J connectivity index is 2.16. The average Bonchev–Trinajstić information content (AvgIpc) is 2.81. The molecule has 7 nitrogen and oxygen atoms in total. The Morgan fingerprint density at radius 1 is 1.45 bits per heavy atom. The summed E-state index contributed by atoms with van der Waals surface area (Å²) >= 11 is 5.76. The maximum atomic E-state index is 13.5. The molecule has 0 atom stereocenters. The monoisotopic (exact) mass is 298 g/mol. The summed E-state index contributed by atoms with van der Waals surface area (Å²) in [6.07, 6.45) is 1.14. The standard InChI is InChI=1S/C11H8ClFN4O3/c12-6-2-1-3-7(13)10(6)14-11(20)8-4-17(16-15-8)5-9(18)19/h1-4H,5H2,(H,14,20)(H,18,19). The van der Waals surface area contributed by atoms with Crippen LogP contribution in [-0.4, -0.2) is 32.0 Å². The van der Waals surface area contributed by atoms with Gasteiger partial charge in [-0.05, 0) is 12.1 Å². The van der Waals surface area contributed by atoms with Crippen molar-refractivity contribution in [3.63, 3.8) is 0 Å². The third kappa shape index (κ3) is 3.09. The van der Waals surface area contributed by atoms with Crippen molar-refractivity contribution in [2.75, 3.05) is 5.32 Å². The van der Waals surface area contributed by atoms with Gasteiger partial charge >= 0.3 is 5.97 Å². The van der Waals surface area contributed by atoms with Gasteiger partial charge < -0.3 is 10.4 Å². The van der Waals surface area contributed by atoms with Crippen molar-refractivity contribution in [3.8, 4) is 0 Å². The molecule has 9 heteroatoms. The van der Waals surface area contributed by atoms with Gasteiger partial charge in [-0.2, -0.15) is 0 Å². The molecule has 0 bridgehead atoms. The normalized spacial score (nSPS) is 10.3. The zero-order valence-corrected chi connectivity index (χ0v) is 10.6. The van der Waals surface area contributed by atoms with Crippen LogP contribution in [0.1, 0.15) is 10.5 Å². The van der Waals surface area contributed by atoms with E-state index in [9.17, 15) is 14.0 Å². The van der Waals surface area contributed by atoms with Crippen LogP contribution in [0.25, 0.3) is 0 Å². The minimum Gasteiger partial charge on any atom is -0.480 e. The van der Waals surface area contributed by atoms with E-state index in [-0.39, 0.29) is 16.4 Å². The summed E-state index contributed by atoms with van der Waals surface area (Å²) in [5.74, 6) is -2.56. The highest BCUT2D eigenvalue weighted by molar-refractivity contribution is 6.33. The van der Waals surface area contributed by atoms with Crippen molar-refractivity contribution in [1.82, 2.24) is 15.0 Å². The van der Waals surface area contributed by atoms with Gasteiger partial charge in [-0.3, -0.25) is 9.59 Å². The molecule has 20 heavy (non-hydrogen) atoms. The minimum atomic E-state index is -1.13. The van der Waals surface area contributed by atoms with E-state index in [1.54, 1.807) is 0 Å². The Labute approximate surface area is 117 Å². The molecule has 0 aliphatic carbocycles. The number of hydrogen-bond acceptors (Lipinski definition) is 4. The van der Waals surface area contributed by atoms with Crippen molar-refractivity contribution in [2.45, 2.75) is 6.54 Å². The third-order valence-electron chi connectivity index (χ3n) is 2.27. The summed E-state index contributed by atoms with van der Waals surface area (Å²) in [6.45, 7) is -0.430. The number of rotatable bonds is 4. The fraction of sp³-hybridized carbons (Fsp3) is 0.0909. The van der Waals surface area contributed by atoms with Gasteiger partial charge in [0.25, 0.3) is 5.91 Å². The zero-order valence-electron chi connectivity index (χ0n) is 9.88. The molecular formula is C11H8ClFN4O3. The summed E-state index contributed by atoms with van der Waals surface area (Å²) in [7, 11) is 0. The molecule has 0 saturated heterocycles. The quantitative estimate of drug-likeness (QED) is 0.889. The van der Waals surface area contributed by atoms with Crippen LogP contribution >= 0.6 is 11.6 Å². The number of anilines is 1. The van der Waals surface area contributed by atoms with Gasteiger partial charge in [-0.15, -0.1) is 5.10 Å². The van der Waals surface area contributed by atoms with Crippen LogP contribution in [0.2, 0.25) is 5.02 Å². The van der Waals surface area contributed by atoms with Crippen molar-refractivity contribution >= 4 is 29.2 Å². The molecular weight excluding hydrogens is 291 g/mol. The van der Waals surface area contributed by atoms with Gasteiger partial charge in [0.15, 0.2) is 5.69 Å².